The van der Waals surface area contributed by atoms with Gasteiger partial charge >= 0.3 is 0 Å². The lowest BCUT2D eigenvalue weighted by molar-refractivity contribution is 0.923. The summed E-state index contributed by atoms with van der Waals surface area (Å²) in [5, 5.41) is 2.70. The Bertz CT molecular complexity index is 1960. The van der Waals surface area contributed by atoms with Gasteiger partial charge in [0.2, 0.25) is 13.4 Å². The molecule has 0 N–H and O–H groups in total. The van der Waals surface area contributed by atoms with E-state index >= 15 is 0 Å². The van der Waals surface area contributed by atoms with Crippen molar-refractivity contribution < 1.29 is 0 Å². The Hall–Kier alpha value is -4.69. The van der Waals surface area contributed by atoms with E-state index in [1.165, 1.54) is 88.6 Å². The summed E-state index contributed by atoms with van der Waals surface area (Å²) in [6.07, 6.45) is 0. The molecule has 0 radical (unpaired) electrons. The lowest BCUT2D eigenvalue weighted by Crippen LogP contribution is -2.63. The molecule has 6 aromatic rings. The summed E-state index contributed by atoms with van der Waals surface area (Å²) in [5.74, 6) is 0. The quantitative estimate of drug-likeness (QED) is 0.281. The lowest BCUT2D eigenvalue weighted by atomic mass is 9.33. The number of nitrogens with zero attached hydrogens (tertiary/aromatic N) is 2. The molecule has 0 spiro atoms. The molecule has 204 valence electrons. The predicted molar refractivity (Wildman–Crippen MR) is 187 cm³/mol. The Labute approximate surface area is 254 Å². The molecule has 0 saturated heterocycles. The molecular weight excluding hydrogens is 518 g/mol. The molecular formula is C39H32B2N2. The first-order valence-electron chi connectivity index (χ1n) is 15.5. The first kappa shape index (κ1) is 24.9. The third kappa shape index (κ3) is 3.27. The van der Waals surface area contributed by atoms with Gasteiger partial charge in [-0.25, -0.2) is 0 Å². The lowest BCUT2D eigenvalue weighted by Gasteiger charge is -2.48. The van der Waals surface area contributed by atoms with Crippen LogP contribution in [0.4, 0.5) is 22.7 Å². The maximum absolute atomic E-state index is 2.60. The molecule has 0 aromatic heterocycles. The van der Waals surface area contributed by atoms with E-state index in [0.717, 1.165) is 6.67 Å². The smallest absolute Gasteiger partial charge is 0.247 e. The molecule has 2 nitrogen and oxygen atoms in total. The minimum atomic E-state index is 0.195. The fraction of sp³-hybridized carbons (Fsp3) is 0.128. The van der Waals surface area contributed by atoms with Crippen LogP contribution in [0.3, 0.4) is 0 Å². The summed E-state index contributed by atoms with van der Waals surface area (Å²) in [7, 11) is 0. The van der Waals surface area contributed by atoms with Crippen molar-refractivity contribution >= 4 is 79.7 Å². The van der Waals surface area contributed by atoms with Crippen LogP contribution in [0.1, 0.15) is 22.3 Å². The Morgan fingerprint density at radius 2 is 0.860 bits per heavy atom. The van der Waals surface area contributed by atoms with Gasteiger partial charge in [-0.3, -0.25) is 0 Å². The van der Waals surface area contributed by atoms with Crippen molar-refractivity contribution in [2.45, 2.75) is 27.7 Å². The Kier molecular flexibility index (Phi) is 5.15. The van der Waals surface area contributed by atoms with Gasteiger partial charge in [-0.05, 0) is 67.1 Å². The van der Waals surface area contributed by atoms with E-state index in [9.17, 15) is 0 Å². The average Bonchev–Trinajstić information content (AvgIpc) is 3.02. The molecule has 0 saturated carbocycles. The van der Waals surface area contributed by atoms with Crippen molar-refractivity contribution in [2.24, 2.45) is 0 Å². The SMILES string of the molecule is Cc1cccc(C)c1B1c2ccccc2N2CN3c4ccccc4B(c4c(C)cccc4C)c4ccc5ccc1c2c5c43. The second-order valence-corrected chi connectivity index (χ2v) is 12.7. The first-order valence-corrected chi connectivity index (χ1v) is 15.5. The van der Waals surface area contributed by atoms with Crippen molar-refractivity contribution in [3.8, 4) is 0 Å². The van der Waals surface area contributed by atoms with Crippen LogP contribution in [0.25, 0.3) is 10.8 Å². The number of aryl methyl sites for hydroxylation is 4. The Morgan fingerprint density at radius 1 is 0.442 bits per heavy atom. The van der Waals surface area contributed by atoms with Gasteiger partial charge in [0.1, 0.15) is 0 Å². The zero-order valence-corrected chi connectivity index (χ0v) is 25.1. The molecule has 0 aliphatic carbocycles. The van der Waals surface area contributed by atoms with Crippen LogP contribution < -0.4 is 42.6 Å². The second-order valence-electron chi connectivity index (χ2n) is 12.7. The molecule has 43 heavy (non-hydrogen) atoms. The second kappa shape index (κ2) is 8.91. The number of anilines is 4. The van der Waals surface area contributed by atoms with E-state index in [-0.39, 0.29) is 13.4 Å². The fourth-order valence-electron chi connectivity index (χ4n) is 8.61. The Balaban J connectivity index is 1.41. The third-order valence-corrected chi connectivity index (χ3v) is 10.4. The molecule has 3 heterocycles. The van der Waals surface area contributed by atoms with Gasteiger partial charge in [0.25, 0.3) is 0 Å². The number of rotatable bonds is 2. The normalized spacial score (nSPS) is 14.2. The largest absolute Gasteiger partial charge is 0.323 e. The van der Waals surface area contributed by atoms with Crippen molar-refractivity contribution in [3.05, 3.63) is 131 Å². The van der Waals surface area contributed by atoms with Gasteiger partial charge in [-0.15, -0.1) is 0 Å². The summed E-state index contributed by atoms with van der Waals surface area (Å²) in [5.41, 5.74) is 19.3. The Morgan fingerprint density at radius 3 is 1.30 bits per heavy atom. The van der Waals surface area contributed by atoms with Crippen LogP contribution in [0.2, 0.25) is 0 Å². The van der Waals surface area contributed by atoms with Gasteiger partial charge < -0.3 is 9.80 Å². The van der Waals surface area contributed by atoms with Gasteiger partial charge in [-0.2, -0.15) is 0 Å². The molecule has 0 unspecified atom stereocenters. The molecule has 0 bridgehead atoms. The molecule has 4 heteroatoms. The third-order valence-electron chi connectivity index (χ3n) is 10.4. The average molecular weight is 550 g/mol. The van der Waals surface area contributed by atoms with Crippen LogP contribution in [0.5, 0.6) is 0 Å². The summed E-state index contributed by atoms with van der Waals surface area (Å²) >= 11 is 0. The van der Waals surface area contributed by atoms with E-state index in [0.29, 0.717) is 0 Å². The van der Waals surface area contributed by atoms with E-state index in [2.05, 4.69) is 147 Å². The highest BCUT2D eigenvalue weighted by Gasteiger charge is 2.44. The van der Waals surface area contributed by atoms with Crippen molar-refractivity contribution in [3.63, 3.8) is 0 Å². The molecule has 3 aliphatic rings. The van der Waals surface area contributed by atoms with E-state index in [1.807, 2.05) is 0 Å². The highest BCUT2D eigenvalue weighted by atomic mass is 15.3. The van der Waals surface area contributed by atoms with Crippen LogP contribution in [0.15, 0.2) is 109 Å². The van der Waals surface area contributed by atoms with Gasteiger partial charge in [0, 0.05) is 28.1 Å². The van der Waals surface area contributed by atoms with Crippen molar-refractivity contribution in [2.75, 3.05) is 16.5 Å². The minimum absolute atomic E-state index is 0.195. The summed E-state index contributed by atoms with van der Waals surface area (Å²) in [6, 6.07) is 41.3. The van der Waals surface area contributed by atoms with Crippen LogP contribution in [-0.4, -0.2) is 20.1 Å². The zero-order valence-electron chi connectivity index (χ0n) is 25.1. The summed E-state index contributed by atoms with van der Waals surface area (Å²) in [4.78, 5) is 5.20. The topological polar surface area (TPSA) is 6.48 Å². The first-order chi connectivity index (χ1) is 21.0. The molecule has 3 aliphatic heterocycles. The number of hydrogen-bond acceptors (Lipinski definition) is 2. The maximum atomic E-state index is 2.60. The van der Waals surface area contributed by atoms with Crippen molar-refractivity contribution in [1.82, 2.24) is 0 Å². The number of para-hydroxylation sites is 2. The summed E-state index contributed by atoms with van der Waals surface area (Å²) in [6.45, 7) is 10.3. The van der Waals surface area contributed by atoms with E-state index in [4.69, 9.17) is 0 Å². The standard InChI is InChI=1S/C39H32B2N2/c1-24-11-9-12-25(2)36(24)40-29-15-5-7-17-33(29)42-23-43-34-18-8-6-16-30(34)41(37-26(3)13-10-14-27(37)4)32-22-20-28-19-21-31(40)38(42)35(28)39(32)43/h5-22H,23H2,1-4H3. The van der Waals surface area contributed by atoms with Crippen LogP contribution >= 0.6 is 0 Å². The maximum Gasteiger partial charge on any atom is 0.247 e. The van der Waals surface area contributed by atoms with E-state index < -0.39 is 0 Å². The van der Waals surface area contributed by atoms with E-state index in [1.54, 1.807) is 0 Å². The van der Waals surface area contributed by atoms with Gasteiger partial charge in [0.05, 0.1) is 6.67 Å². The van der Waals surface area contributed by atoms with Gasteiger partial charge in [-0.1, -0.05) is 130 Å². The number of hydrogen-bond donors (Lipinski definition) is 0. The molecule has 9 rings (SSSR count). The highest BCUT2D eigenvalue weighted by Crippen LogP contribution is 2.46. The van der Waals surface area contributed by atoms with Gasteiger partial charge in [0.15, 0.2) is 0 Å². The van der Waals surface area contributed by atoms with Crippen molar-refractivity contribution in [1.29, 1.82) is 0 Å². The molecule has 0 atom stereocenters. The zero-order chi connectivity index (χ0) is 29.0. The number of benzene rings is 6. The highest BCUT2D eigenvalue weighted by molar-refractivity contribution is 7.00. The van der Waals surface area contributed by atoms with Crippen LogP contribution in [0, 0.1) is 27.7 Å². The molecule has 6 aromatic carbocycles. The fourth-order valence-corrected chi connectivity index (χ4v) is 8.61. The summed E-state index contributed by atoms with van der Waals surface area (Å²) < 4.78 is 0. The molecule has 0 fully saturated rings. The molecule has 0 amide bonds. The monoisotopic (exact) mass is 550 g/mol. The van der Waals surface area contributed by atoms with Crippen LogP contribution in [-0.2, 0) is 0 Å². The number of fused-ring (bicyclic) bond motifs is 4. The predicted octanol–water partition coefficient (Wildman–Crippen LogP) is 4.98. The minimum Gasteiger partial charge on any atom is -0.323 e.